The van der Waals surface area contributed by atoms with Crippen molar-refractivity contribution in [3.8, 4) is 0 Å². The molecule has 0 bridgehead atoms. The summed E-state index contributed by atoms with van der Waals surface area (Å²) in [7, 11) is 0. The third kappa shape index (κ3) is 3.93. The predicted octanol–water partition coefficient (Wildman–Crippen LogP) is 2.54. The fraction of sp³-hybridized carbons (Fsp3) is 0.462. The SMILES string of the molecule is CCC(CC)OC(=O)Cc1ccc(N)cc1. The van der Waals surface area contributed by atoms with Gasteiger partial charge >= 0.3 is 5.97 Å². The number of benzene rings is 1. The minimum absolute atomic E-state index is 0.0429. The van der Waals surface area contributed by atoms with E-state index >= 15 is 0 Å². The Kier molecular flexibility index (Phi) is 4.83. The monoisotopic (exact) mass is 221 g/mol. The fourth-order valence-corrected chi connectivity index (χ4v) is 1.49. The van der Waals surface area contributed by atoms with Crippen LogP contribution in [0.2, 0.25) is 0 Å². The van der Waals surface area contributed by atoms with Crippen LogP contribution in [0.15, 0.2) is 24.3 Å². The van der Waals surface area contributed by atoms with E-state index < -0.39 is 0 Å². The second-order valence-corrected chi connectivity index (χ2v) is 3.85. The van der Waals surface area contributed by atoms with Gasteiger partial charge < -0.3 is 10.5 Å². The lowest BCUT2D eigenvalue weighted by Crippen LogP contribution is -2.18. The van der Waals surface area contributed by atoms with Gasteiger partial charge in [-0.2, -0.15) is 0 Å². The lowest BCUT2D eigenvalue weighted by atomic mass is 10.1. The summed E-state index contributed by atoms with van der Waals surface area (Å²) in [5.74, 6) is -0.168. The molecule has 0 saturated heterocycles. The summed E-state index contributed by atoms with van der Waals surface area (Å²) in [5, 5.41) is 0. The van der Waals surface area contributed by atoms with Gasteiger partial charge in [0.1, 0.15) is 6.10 Å². The van der Waals surface area contributed by atoms with Gasteiger partial charge in [0.2, 0.25) is 0 Å². The highest BCUT2D eigenvalue weighted by molar-refractivity contribution is 5.72. The molecule has 0 unspecified atom stereocenters. The van der Waals surface area contributed by atoms with Crippen molar-refractivity contribution in [2.24, 2.45) is 0 Å². The van der Waals surface area contributed by atoms with Gasteiger partial charge in [0.05, 0.1) is 6.42 Å². The highest BCUT2D eigenvalue weighted by atomic mass is 16.5. The van der Waals surface area contributed by atoms with E-state index in [0.717, 1.165) is 18.4 Å². The largest absolute Gasteiger partial charge is 0.462 e. The molecule has 16 heavy (non-hydrogen) atoms. The quantitative estimate of drug-likeness (QED) is 0.614. The van der Waals surface area contributed by atoms with E-state index in [-0.39, 0.29) is 12.1 Å². The Labute approximate surface area is 96.6 Å². The van der Waals surface area contributed by atoms with Crippen molar-refractivity contribution in [1.29, 1.82) is 0 Å². The summed E-state index contributed by atoms with van der Waals surface area (Å²) >= 11 is 0. The molecule has 0 spiro atoms. The molecule has 0 aliphatic carbocycles. The van der Waals surface area contributed by atoms with Crippen molar-refractivity contribution in [2.75, 3.05) is 5.73 Å². The van der Waals surface area contributed by atoms with Gasteiger partial charge in [-0.3, -0.25) is 4.79 Å². The summed E-state index contributed by atoms with van der Waals surface area (Å²) in [6.45, 7) is 4.04. The topological polar surface area (TPSA) is 52.3 Å². The Morgan fingerprint density at radius 2 is 1.81 bits per heavy atom. The lowest BCUT2D eigenvalue weighted by molar-refractivity contribution is -0.148. The van der Waals surface area contributed by atoms with Crippen LogP contribution in [0.1, 0.15) is 32.3 Å². The second-order valence-electron chi connectivity index (χ2n) is 3.85. The van der Waals surface area contributed by atoms with Gasteiger partial charge in [0, 0.05) is 5.69 Å². The zero-order chi connectivity index (χ0) is 12.0. The van der Waals surface area contributed by atoms with Crippen molar-refractivity contribution in [3.63, 3.8) is 0 Å². The zero-order valence-electron chi connectivity index (χ0n) is 9.90. The standard InChI is InChI=1S/C13H19NO2/c1-3-12(4-2)16-13(15)9-10-5-7-11(14)8-6-10/h5-8,12H,3-4,9,14H2,1-2H3. The van der Waals surface area contributed by atoms with E-state index in [1.807, 2.05) is 26.0 Å². The van der Waals surface area contributed by atoms with Gasteiger partial charge in [-0.25, -0.2) is 0 Å². The normalized spacial score (nSPS) is 10.4. The fourth-order valence-electron chi connectivity index (χ4n) is 1.49. The van der Waals surface area contributed by atoms with Crippen LogP contribution in [-0.4, -0.2) is 12.1 Å². The average molecular weight is 221 g/mol. The minimum atomic E-state index is -0.168. The number of nitrogens with two attached hydrogens (primary N) is 1. The van der Waals surface area contributed by atoms with Crippen LogP contribution in [0.4, 0.5) is 5.69 Å². The first-order valence-corrected chi connectivity index (χ1v) is 5.69. The third-order valence-electron chi connectivity index (χ3n) is 2.54. The molecule has 1 aromatic rings. The number of hydrogen-bond acceptors (Lipinski definition) is 3. The zero-order valence-corrected chi connectivity index (χ0v) is 9.90. The van der Waals surface area contributed by atoms with Gasteiger partial charge in [-0.15, -0.1) is 0 Å². The number of esters is 1. The first-order valence-electron chi connectivity index (χ1n) is 5.69. The van der Waals surface area contributed by atoms with Crippen LogP contribution in [0.3, 0.4) is 0 Å². The molecule has 1 rings (SSSR count). The van der Waals surface area contributed by atoms with E-state index in [0.29, 0.717) is 12.1 Å². The van der Waals surface area contributed by atoms with E-state index in [2.05, 4.69) is 0 Å². The summed E-state index contributed by atoms with van der Waals surface area (Å²) in [6.07, 6.45) is 2.09. The second kappa shape index (κ2) is 6.16. The van der Waals surface area contributed by atoms with Gasteiger partial charge in [-0.05, 0) is 30.5 Å². The lowest BCUT2D eigenvalue weighted by Gasteiger charge is -2.13. The maximum absolute atomic E-state index is 11.6. The molecule has 0 saturated carbocycles. The molecule has 0 radical (unpaired) electrons. The van der Waals surface area contributed by atoms with E-state index in [4.69, 9.17) is 10.5 Å². The summed E-state index contributed by atoms with van der Waals surface area (Å²) < 4.78 is 5.31. The molecule has 3 heteroatoms. The number of rotatable bonds is 5. The van der Waals surface area contributed by atoms with Crippen molar-refractivity contribution in [1.82, 2.24) is 0 Å². The van der Waals surface area contributed by atoms with Crippen molar-refractivity contribution >= 4 is 11.7 Å². The Morgan fingerprint density at radius 3 is 2.31 bits per heavy atom. The summed E-state index contributed by atoms with van der Waals surface area (Å²) in [4.78, 5) is 11.6. The average Bonchev–Trinajstić information content (AvgIpc) is 2.29. The number of nitrogen functional groups attached to an aromatic ring is 1. The molecule has 2 N–H and O–H groups in total. The van der Waals surface area contributed by atoms with E-state index in [9.17, 15) is 4.79 Å². The highest BCUT2D eigenvalue weighted by Gasteiger charge is 2.10. The van der Waals surface area contributed by atoms with Crippen LogP contribution >= 0.6 is 0 Å². The van der Waals surface area contributed by atoms with E-state index in [1.165, 1.54) is 0 Å². The smallest absolute Gasteiger partial charge is 0.310 e. The molecule has 0 aromatic heterocycles. The van der Waals surface area contributed by atoms with Crippen LogP contribution < -0.4 is 5.73 Å². The van der Waals surface area contributed by atoms with Crippen LogP contribution in [0.25, 0.3) is 0 Å². The number of anilines is 1. The van der Waals surface area contributed by atoms with Crippen molar-refractivity contribution < 1.29 is 9.53 Å². The maximum Gasteiger partial charge on any atom is 0.310 e. The molecule has 0 atom stereocenters. The Bertz CT molecular complexity index is 328. The number of carbonyl (C=O) groups excluding carboxylic acids is 1. The summed E-state index contributed by atoms with van der Waals surface area (Å²) in [5.41, 5.74) is 7.21. The third-order valence-corrected chi connectivity index (χ3v) is 2.54. The Balaban J connectivity index is 2.48. The van der Waals surface area contributed by atoms with Gasteiger partial charge in [0.15, 0.2) is 0 Å². The molecule has 0 amide bonds. The first-order chi connectivity index (χ1) is 7.65. The molecule has 0 aliphatic rings. The molecule has 0 fully saturated rings. The van der Waals surface area contributed by atoms with Crippen LogP contribution in [0, 0.1) is 0 Å². The van der Waals surface area contributed by atoms with Crippen molar-refractivity contribution in [2.45, 2.75) is 39.2 Å². The van der Waals surface area contributed by atoms with Gasteiger partial charge in [0.25, 0.3) is 0 Å². The Morgan fingerprint density at radius 1 is 1.25 bits per heavy atom. The molecule has 0 heterocycles. The van der Waals surface area contributed by atoms with Crippen molar-refractivity contribution in [3.05, 3.63) is 29.8 Å². The van der Waals surface area contributed by atoms with E-state index in [1.54, 1.807) is 12.1 Å². The number of ether oxygens (including phenoxy) is 1. The maximum atomic E-state index is 11.6. The predicted molar refractivity (Wildman–Crippen MR) is 65.0 cm³/mol. The molecule has 0 aliphatic heterocycles. The highest BCUT2D eigenvalue weighted by Crippen LogP contribution is 2.09. The molecule has 3 nitrogen and oxygen atoms in total. The summed E-state index contributed by atoms with van der Waals surface area (Å²) in [6, 6.07) is 7.28. The molecule has 88 valence electrons. The number of hydrogen-bond donors (Lipinski definition) is 1. The van der Waals surface area contributed by atoms with Crippen LogP contribution in [0.5, 0.6) is 0 Å². The Hall–Kier alpha value is -1.51. The minimum Gasteiger partial charge on any atom is -0.462 e. The van der Waals surface area contributed by atoms with Gasteiger partial charge in [-0.1, -0.05) is 26.0 Å². The molecular formula is C13H19NO2. The molecular weight excluding hydrogens is 202 g/mol. The first kappa shape index (κ1) is 12.6. The molecule has 1 aromatic carbocycles. The van der Waals surface area contributed by atoms with Crippen LogP contribution in [-0.2, 0) is 16.0 Å². The number of carbonyl (C=O) groups is 1.